The van der Waals surface area contributed by atoms with E-state index >= 15 is 0 Å². The maximum atomic E-state index is 6.05. The number of nitrogens with one attached hydrogen (secondary N) is 1. The van der Waals surface area contributed by atoms with Crippen LogP contribution in [0.4, 0.5) is 0 Å². The molecule has 0 saturated carbocycles. The van der Waals surface area contributed by atoms with Crippen molar-refractivity contribution in [2.24, 2.45) is 0 Å². The third kappa shape index (κ3) is 5.54. The van der Waals surface area contributed by atoms with Gasteiger partial charge < -0.3 is 10.1 Å². The predicted molar refractivity (Wildman–Crippen MR) is 87.7 cm³/mol. The molecule has 0 radical (unpaired) electrons. The van der Waals surface area contributed by atoms with Crippen LogP contribution in [0, 0.1) is 6.92 Å². The summed E-state index contributed by atoms with van der Waals surface area (Å²) in [5.41, 5.74) is 2.87. The van der Waals surface area contributed by atoms with Gasteiger partial charge in [-0.1, -0.05) is 32.9 Å². The molecule has 0 spiro atoms. The van der Waals surface area contributed by atoms with Crippen LogP contribution in [0.25, 0.3) is 0 Å². The molecule has 1 rings (SSSR count). The fourth-order valence-corrected chi connectivity index (χ4v) is 1.96. The van der Waals surface area contributed by atoms with Gasteiger partial charge in [0.25, 0.3) is 0 Å². The zero-order chi connectivity index (χ0) is 15.6. The topological polar surface area (TPSA) is 21.3 Å². The van der Waals surface area contributed by atoms with E-state index < -0.39 is 0 Å². The van der Waals surface area contributed by atoms with Gasteiger partial charge in [0, 0.05) is 12.1 Å². The summed E-state index contributed by atoms with van der Waals surface area (Å²) >= 11 is 0. The number of ether oxygens (including phenoxy) is 1. The van der Waals surface area contributed by atoms with E-state index in [4.69, 9.17) is 4.74 Å². The van der Waals surface area contributed by atoms with Gasteiger partial charge in [-0.3, -0.25) is 0 Å². The predicted octanol–water partition coefficient (Wildman–Crippen LogP) is 4.45. The van der Waals surface area contributed by atoms with Crippen molar-refractivity contribution >= 4 is 0 Å². The SMILES string of the molecule is Cc1cc(C(C)(C)C)ccc1OC(C)CNC(C)(C)C. The second-order valence-corrected chi connectivity index (χ2v) is 7.79. The highest BCUT2D eigenvalue weighted by Crippen LogP contribution is 2.28. The van der Waals surface area contributed by atoms with Crippen molar-refractivity contribution in [2.75, 3.05) is 6.54 Å². The number of hydrogen-bond acceptors (Lipinski definition) is 2. The Kier molecular flexibility index (Phi) is 5.26. The lowest BCUT2D eigenvalue weighted by Crippen LogP contribution is -2.41. The standard InChI is InChI=1S/C18H31NO/c1-13-11-15(17(3,4)5)9-10-16(13)20-14(2)12-19-18(6,7)8/h9-11,14,19H,12H2,1-8H3. The fourth-order valence-electron chi connectivity index (χ4n) is 1.96. The molecule has 114 valence electrons. The van der Waals surface area contributed by atoms with Crippen LogP contribution in [0.2, 0.25) is 0 Å². The van der Waals surface area contributed by atoms with Crippen molar-refractivity contribution in [1.82, 2.24) is 5.32 Å². The van der Waals surface area contributed by atoms with E-state index in [2.05, 4.69) is 78.9 Å². The third-order valence-electron chi connectivity index (χ3n) is 3.29. The lowest BCUT2D eigenvalue weighted by atomic mass is 9.86. The van der Waals surface area contributed by atoms with Crippen LogP contribution in [0.1, 0.15) is 59.6 Å². The van der Waals surface area contributed by atoms with Crippen LogP contribution in [-0.4, -0.2) is 18.2 Å². The Labute approximate surface area is 124 Å². The fraction of sp³-hybridized carbons (Fsp3) is 0.667. The molecule has 0 bridgehead atoms. The lowest BCUT2D eigenvalue weighted by Gasteiger charge is -2.25. The van der Waals surface area contributed by atoms with Gasteiger partial charge in [-0.15, -0.1) is 0 Å². The van der Waals surface area contributed by atoms with Crippen molar-refractivity contribution in [3.8, 4) is 5.75 Å². The van der Waals surface area contributed by atoms with Crippen molar-refractivity contribution in [2.45, 2.75) is 72.4 Å². The van der Waals surface area contributed by atoms with Gasteiger partial charge in [0.05, 0.1) is 0 Å². The summed E-state index contributed by atoms with van der Waals surface area (Å²) in [7, 11) is 0. The molecule has 0 aliphatic carbocycles. The van der Waals surface area contributed by atoms with Crippen LogP contribution < -0.4 is 10.1 Å². The number of benzene rings is 1. The first-order valence-electron chi connectivity index (χ1n) is 7.52. The summed E-state index contributed by atoms with van der Waals surface area (Å²) in [5.74, 6) is 0.987. The van der Waals surface area contributed by atoms with E-state index in [1.807, 2.05) is 0 Å². The zero-order valence-corrected chi connectivity index (χ0v) is 14.4. The monoisotopic (exact) mass is 277 g/mol. The maximum Gasteiger partial charge on any atom is 0.122 e. The highest BCUT2D eigenvalue weighted by molar-refractivity contribution is 5.38. The highest BCUT2D eigenvalue weighted by atomic mass is 16.5. The molecule has 1 aromatic carbocycles. The summed E-state index contributed by atoms with van der Waals surface area (Å²) in [6.45, 7) is 18.3. The van der Waals surface area contributed by atoms with Crippen molar-refractivity contribution < 1.29 is 4.74 Å². The van der Waals surface area contributed by atoms with Crippen molar-refractivity contribution in [3.63, 3.8) is 0 Å². The normalized spacial score (nSPS) is 14.2. The van der Waals surface area contributed by atoms with Gasteiger partial charge >= 0.3 is 0 Å². The summed E-state index contributed by atoms with van der Waals surface area (Å²) in [4.78, 5) is 0. The van der Waals surface area contributed by atoms with Gasteiger partial charge in [-0.05, 0) is 57.2 Å². The highest BCUT2D eigenvalue weighted by Gasteiger charge is 2.16. The Morgan fingerprint density at radius 1 is 1.10 bits per heavy atom. The molecule has 0 heterocycles. The molecule has 1 unspecified atom stereocenters. The molecular formula is C18H31NO. The first-order valence-corrected chi connectivity index (χ1v) is 7.52. The van der Waals surface area contributed by atoms with E-state index in [1.54, 1.807) is 0 Å². The molecule has 0 aromatic heterocycles. The van der Waals surface area contributed by atoms with Crippen LogP contribution >= 0.6 is 0 Å². The Morgan fingerprint density at radius 2 is 1.70 bits per heavy atom. The minimum Gasteiger partial charge on any atom is -0.489 e. The van der Waals surface area contributed by atoms with E-state index in [1.165, 1.54) is 11.1 Å². The average Bonchev–Trinajstić information content (AvgIpc) is 2.27. The molecule has 20 heavy (non-hydrogen) atoms. The average molecular weight is 277 g/mol. The quantitative estimate of drug-likeness (QED) is 0.878. The number of hydrogen-bond donors (Lipinski definition) is 1. The largest absolute Gasteiger partial charge is 0.489 e. The van der Waals surface area contributed by atoms with E-state index in [9.17, 15) is 0 Å². The number of rotatable bonds is 4. The Morgan fingerprint density at radius 3 is 2.15 bits per heavy atom. The molecule has 1 aromatic rings. The minimum atomic E-state index is 0.128. The molecule has 2 nitrogen and oxygen atoms in total. The second-order valence-electron chi connectivity index (χ2n) is 7.79. The van der Waals surface area contributed by atoms with Crippen LogP contribution in [0.15, 0.2) is 18.2 Å². The Hall–Kier alpha value is -1.02. The van der Waals surface area contributed by atoms with Gasteiger partial charge in [-0.2, -0.15) is 0 Å². The minimum absolute atomic E-state index is 0.128. The second kappa shape index (κ2) is 6.17. The molecule has 0 aliphatic heterocycles. The number of aryl methyl sites for hydroxylation is 1. The molecule has 0 fully saturated rings. The molecule has 0 saturated heterocycles. The van der Waals surface area contributed by atoms with E-state index in [0.717, 1.165) is 12.3 Å². The van der Waals surface area contributed by atoms with E-state index in [-0.39, 0.29) is 17.1 Å². The summed E-state index contributed by atoms with van der Waals surface area (Å²) in [6.07, 6.45) is 0.161. The zero-order valence-electron chi connectivity index (χ0n) is 14.4. The Balaban J connectivity index is 2.69. The van der Waals surface area contributed by atoms with Crippen molar-refractivity contribution in [3.05, 3.63) is 29.3 Å². The maximum absolute atomic E-state index is 6.05. The van der Waals surface area contributed by atoms with Crippen molar-refractivity contribution in [1.29, 1.82) is 0 Å². The molecule has 0 aliphatic rings. The van der Waals surface area contributed by atoms with Crippen LogP contribution in [0.3, 0.4) is 0 Å². The van der Waals surface area contributed by atoms with Gasteiger partial charge in [-0.25, -0.2) is 0 Å². The summed E-state index contributed by atoms with van der Waals surface area (Å²) < 4.78 is 6.05. The smallest absolute Gasteiger partial charge is 0.122 e. The summed E-state index contributed by atoms with van der Waals surface area (Å²) in [6, 6.07) is 6.51. The first kappa shape index (κ1) is 17.0. The molecule has 1 N–H and O–H groups in total. The molecule has 0 amide bonds. The lowest BCUT2D eigenvalue weighted by molar-refractivity contribution is 0.202. The van der Waals surface area contributed by atoms with Crippen LogP contribution in [0.5, 0.6) is 5.75 Å². The molecule has 2 heteroatoms. The van der Waals surface area contributed by atoms with Gasteiger partial charge in [0.15, 0.2) is 0 Å². The molecule has 1 atom stereocenters. The third-order valence-corrected chi connectivity index (χ3v) is 3.29. The van der Waals surface area contributed by atoms with E-state index in [0.29, 0.717) is 0 Å². The van der Waals surface area contributed by atoms with Crippen LogP contribution in [-0.2, 0) is 5.41 Å². The first-order chi connectivity index (χ1) is 8.99. The van der Waals surface area contributed by atoms with Gasteiger partial charge in [0.1, 0.15) is 11.9 Å². The molecular weight excluding hydrogens is 246 g/mol. The Bertz CT molecular complexity index is 438. The summed E-state index contributed by atoms with van der Waals surface area (Å²) in [5, 5.41) is 3.47. The van der Waals surface area contributed by atoms with Gasteiger partial charge in [0.2, 0.25) is 0 Å².